The summed E-state index contributed by atoms with van der Waals surface area (Å²) in [4.78, 5) is 0. The number of benzene rings is 1. The first-order valence-electron chi connectivity index (χ1n) is 9.25. The molecule has 3 heteroatoms. The summed E-state index contributed by atoms with van der Waals surface area (Å²) in [5, 5.41) is 3.75. The van der Waals surface area contributed by atoms with Crippen molar-refractivity contribution in [1.29, 1.82) is 0 Å². The Morgan fingerprint density at radius 2 is 1.61 bits per heavy atom. The van der Waals surface area contributed by atoms with E-state index in [1.165, 1.54) is 56.1 Å². The molecule has 0 unspecified atom stereocenters. The van der Waals surface area contributed by atoms with Crippen molar-refractivity contribution in [3.05, 3.63) is 23.3 Å². The van der Waals surface area contributed by atoms with E-state index in [1.54, 1.807) is 14.2 Å². The maximum atomic E-state index is 5.44. The van der Waals surface area contributed by atoms with E-state index in [0.29, 0.717) is 6.04 Å². The van der Waals surface area contributed by atoms with Crippen molar-refractivity contribution in [2.45, 2.75) is 70.8 Å². The predicted molar refractivity (Wildman–Crippen MR) is 96.7 cm³/mol. The number of hydrogen-bond donors (Lipinski definition) is 1. The second-order valence-corrected chi connectivity index (χ2v) is 6.64. The molecule has 1 N–H and O–H groups in total. The van der Waals surface area contributed by atoms with Gasteiger partial charge in [0.2, 0.25) is 0 Å². The van der Waals surface area contributed by atoms with E-state index in [4.69, 9.17) is 9.47 Å². The van der Waals surface area contributed by atoms with Gasteiger partial charge in [0.1, 0.15) is 0 Å². The van der Waals surface area contributed by atoms with Crippen LogP contribution in [0.2, 0.25) is 0 Å². The van der Waals surface area contributed by atoms with Crippen molar-refractivity contribution in [2.75, 3.05) is 20.8 Å². The predicted octanol–water partition coefficient (Wildman–Crippen LogP) is 4.51. The van der Waals surface area contributed by atoms with E-state index in [2.05, 4.69) is 24.4 Å². The Morgan fingerprint density at radius 1 is 0.957 bits per heavy atom. The molecule has 0 spiro atoms. The lowest BCUT2D eigenvalue weighted by molar-refractivity contribution is 0.352. The minimum atomic E-state index is 0.608. The zero-order chi connectivity index (χ0) is 16.5. The smallest absolute Gasteiger partial charge is 0.161 e. The Balaban J connectivity index is 1.77. The van der Waals surface area contributed by atoms with E-state index in [0.717, 1.165) is 30.9 Å². The van der Waals surface area contributed by atoms with Gasteiger partial charge in [-0.15, -0.1) is 0 Å². The van der Waals surface area contributed by atoms with E-state index in [-0.39, 0.29) is 0 Å². The average Bonchev–Trinajstić information content (AvgIpc) is 2.59. The zero-order valence-corrected chi connectivity index (χ0v) is 15.1. The molecule has 1 atom stereocenters. The number of fused-ring (bicyclic) bond motifs is 1. The highest BCUT2D eigenvalue weighted by Gasteiger charge is 2.20. The average molecular weight is 319 g/mol. The summed E-state index contributed by atoms with van der Waals surface area (Å²) in [5.41, 5.74) is 2.83. The first kappa shape index (κ1) is 18.1. The fourth-order valence-electron chi connectivity index (χ4n) is 3.47. The second-order valence-electron chi connectivity index (χ2n) is 6.64. The summed E-state index contributed by atoms with van der Waals surface area (Å²) >= 11 is 0. The number of methoxy groups -OCH3 is 2. The van der Waals surface area contributed by atoms with Gasteiger partial charge in [0, 0.05) is 6.04 Å². The number of hydrogen-bond acceptors (Lipinski definition) is 3. The molecule has 0 heterocycles. The summed E-state index contributed by atoms with van der Waals surface area (Å²) in [6, 6.07) is 4.92. The molecule has 0 amide bonds. The van der Waals surface area contributed by atoms with Gasteiger partial charge in [0.05, 0.1) is 14.2 Å². The van der Waals surface area contributed by atoms with Gasteiger partial charge in [0.15, 0.2) is 11.5 Å². The Bertz CT molecular complexity index is 473. The van der Waals surface area contributed by atoms with Crippen LogP contribution in [0.15, 0.2) is 12.1 Å². The third-order valence-electron chi connectivity index (χ3n) is 4.90. The highest BCUT2D eigenvalue weighted by atomic mass is 16.5. The molecule has 0 radical (unpaired) electrons. The molecular weight excluding hydrogens is 286 g/mol. The molecular formula is C20H33NO2. The largest absolute Gasteiger partial charge is 0.493 e. The molecule has 0 aromatic heterocycles. The van der Waals surface area contributed by atoms with Gasteiger partial charge in [-0.05, 0) is 55.5 Å². The lowest BCUT2D eigenvalue weighted by Gasteiger charge is -2.26. The Morgan fingerprint density at radius 3 is 2.30 bits per heavy atom. The molecule has 0 bridgehead atoms. The van der Waals surface area contributed by atoms with Crippen LogP contribution in [0.25, 0.3) is 0 Å². The Hall–Kier alpha value is -1.22. The topological polar surface area (TPSA) is 30.5 Å². The molecule has 1 aromatic carbocycles. The Labute approximate surface area is 141 Å². The molecule has 3 nitrogen and oxygen atoms in total. The maximum absolute atomic E-state index is 5.44. The van der Waals surface area contributed by atoms with E-state index in [9.17, 15) is 0 Å². The van der Waals surface area contributed by atoms with Crippen molar-refractivity contribution in [2.24, 2.45) is 0 Å². The summed E-state index contributed by atoms with van der Waals surface area (Å²) in [6.45, 7) is 3.42. The van der Waals surface area contributed by atoms with Crippen molar-refractivity contribution < 1.29 is 9.47 Å². The highest BCUT2D eigenvalue weighted by Crippen LogP contribution is 2.34. The lowest BCUT2D eigenvalue weighted by Crippen LogP contribution is -2.35. The van der Waals surface area contributed by atoms with Crippen molar-refractivity contribution in [3.63, 3.8) is 0 Å². The van der Waals surface area contributed by atoms with Gasteiger partial charge in [-0.25, -0.2) is 0 Å². The number of rotatable bonds is 10. The third kappa shape index (κ3) is 5.42. The molecule has 2 rings (SSSR count). The van der Waals surface area contributed by atoms with E-state index in [1.807, 2.05) is 0 Å². The molecule has 1 aliphatic carbocycles. The standard InChI is InChI=1S/C20H33NO2/c1-4-5-6-7-8-9-12-21-18-11-10-16-14-19(22-2)20(23-3)15-17(16)13-18/h14-15,18,21H,4-13H2,1-3H3/t18-/m0/s1. The number of aryl methyl sites for hydroxylation is 1. The third-order valence-corrected chi connectivity index (χ3v) is 4.90. The van der Waals surface area contributed by atoms with Crippen molar-refractivity contribution in [1.82, 2.24) is 5.32 Å². The van der Waals surface area contributed by atoms with Gasteiger partial charge in [-0.3, -0.25) is 0 Å². The first-order valence-corrected chi connectivity index (χ1v) is 9.25. The van der Waals surface area contributed by atoms with Crippen molar-refractivity contribution in [3.8, 4) is 11.5 Å². The fourth-order valence-corrected chi connectivity index (χ4v) is 3.47. The van der Waals surface area contributed by atoms with Gasteiger partial charge < -0.3 is 14.8 Å². The van der Waals surface area contributed by atoms with E-state index >= 15 is 0 Å². The summed E-state index contributed by atoms with van der Waals surface area (Å²) < 4.78 is 10.8. The van der Waals surface area contributed by atoms with Crippen LogP contribution in [0.4, 0.5) is 0 Å². The molecule has 1 aromatic rings. The van der Waals surface area contributed by atoms with E-state index < -0.39 is 0 Å². The normalized spacial score (nSPS) is 16.9. The van der Waals surface area contributed by atoms with Crippen LogP contribution in [0.3, 0.4) is 0 Å². The SMILES string of the molecule is CCCCCCCCN[C@H]1CCc2cc(OC)c(OC)cc2C1. The minimum Gasteiger partial charge on any atom is -0.493 e. The van der Waals surface area contributed by atoms with Crippen LogP contribution in [0, 0.1) is 0 Å². The van der Waals surface area contributed by atoms with Gasteiger partial charge in [0.25, 0.3) is 0 Å². The first-order chi connectivity index (χ1) is 11.3. The molecule has 0 fully saturated rings. The lowest BCUT2D eigenvalue weighted by atomic mass is 9.87. The van der Waals surface area contributed by atoms with Gasteiger partial charge >= 0.3 is 0 Å². The number of ether oxygens (including phenoxy) is 2. The van der Waals surface area contributed by atoms with Crippen LogP contribution in [0.5, 0.6) is 11.5 Å². The summed E-state index contributed by atoms with van der Waals surface area (Å²) in [5.74, 6) is 1.70. The Kier molecular flexibility index (Phi) is 7.73. The molecule has 130 valence electrons. The molecule has 1 aliphatic rings. The fraction of sp³-hybridized carbons (Fsp3) is 0.700. The van der Waals surface area contributed by atoms with Gasteiger partial charge in [-0.1, -0.05) is 39.0 Å². The maximum Gasteiger partial charge on any atom is 0.161 e. The monoisotopic (exact) mass is 319 g/mol. The van der Waals surface area contributed by atoms with Crippen LogP contribution in [0.1, 0.15) is 63.0 Å². The molecule has 0 saturated heterocycles. The molecule has 0 saturated carbocycles. The van der Waals surface area contributed by atoms with Crippen LogP contribution in [-0.4, -0.2) is 26.8 Å². The molecule has 23 heavy (non-hydrogen) atoms. The summed E-state index contributed by atoms with van der Waals surface area (Å²) in [7, 11) is 3.42. The molecule has 0 aliphatic heterocycles. The quantitative estimate of drug-likeness (QED) is 0.644. The van der Waals surface area contributed by atoms with Crippen LogP contribution in [-0.2, 0) is 12.8 Å². The van der Waals surface area contributed by atoms with Crippen molar-refractivity contribution >= 4 is 0 Å². The number of unbranched alkanes of at least 4 members (excludes halogenated alkanes) is 5. The van der Waals surface area contributed by atoms with Gasteiger partial charge in [-0.2, -0.15) is 0 Å². The summed E-state index contributed by atoms with van der Waals surface area (Å²) in [6.07, 6.45) is 11.6. The highest BCUT2D eigenvalue weighted by molar-refractivity contribution is 5.48. The van der Waals surface area contributed by atoms with Crippen LogP contribution >= 0.6 is 0 Å². The number of nitrogens with one attached hydrogen (secondary N) is 1. The van der Waals surface area contributed by atoms with Crippen LogP contribution < -0.4 is 14.8 Å². The minimum absolute atomic E-state index is 0.608. The second kappa shape index (κ2) is 9.82. The zero-order valence-electron chi connectivity index (χ0n) is 15.1.